The van der Waals surface area contributed by atoms with E-state index in [0.717, 1.165) is 20.5 Å². The molecule has 0 spiro atoms. The molecule has 0 saturated carbocycles. The molecule has 2 aromatic carbocycles. The van der Waals surface area contributed by atoms with Crippen LogP contribution in [0.2, 0.25) is 0 Å². The van der Waals surface area contributed by atoms with Crippen LogP contribution < -0.4 is 15.4 Å². The minimum atomic E-state index is -3.71. The zero-order valence-corrected chi connectivity index (χ0v) is 20.1. The first-order valence-corrected chi connectivity index (χ1v) is 12.3. The highest BCUT2D eigenvalue weighted by molar-refractivity contribution is 7.89. The van der Waals surface area contributed by atoms with E-state index in [4.69, 9.17) is 4.74 Å². The molecule has 0 aliphatic rings. The lowest BCUT2D eigenvalue weighted by atomic mass is 10.1. The molecule has 1 aromatic heterocycles. The van der Waals surface area contributed by atoms with E-state index < -0.39 is 10.0 Å². The van der Waals surface area contributed by atoms with Gasteiger partial charge in [-0.2, -0.15) is 0 Å². The number of methoxy groups -OCH3 is 1. The van der Waals surface area contributed by atoms with Crippen LogP contribution in [-0.2, 0) is 16.6 Å². The van der Waals surface area contributed by atoms with Gasteiger partial charge in [-0.1, -0.05) is 18.2 Å². The summed E-state index contributed by atoms with van der Waals surface area (Å²) < 4.78 is 31.8. The molecule has 3 aromatic rings. The monoisotopic (exact) mass is 473 g/mol. The van der Waals surface area contributed by atoms with Crippen molar-refractivity contribution in [2.45, 2.75) is 24.4 Å². The van der Waals surface area contributed by atoms with Crippen LogP contribution in [0.1, 0.15) is 33.8 Å². The van der Waals surface area contributed by atoms with Crippen LogP contribution in [0.5, 0.6) is 5.75 Å². The first-order chi connectivity index (χ1) is 15.2. The third-order valence-corrected chi connectivity index (χ3v) is 7.63. The highest BCUT2D eigenvalue weighted by Gasteiger charge is 2.21. The fraction of sp³-hybridized carbons (Fsp3) is 0.261. The number of thiophene rings is 1. The van der Waals surface area contributed by atoms with Crippen molar-refractivity contribution in [1.29, 1.82) is 0 Å². The van der Waals surface area contributed by atoms with E-state index in [0.29, 0.717) is 12.2 Å². The van der Waals surface area contributed by atoms with Gasteiger partial charge >= 0.3 is 0 Å². The number of anilines is 1. The fourth-order valence-corrected chi connectivity index (χ4v) is 4.67. The van der Waals surface area contributed by atoms with E-state index in [-0.39, 0.29) is 22.4 Å². The predicted molar refractivity (Wildman–Crippen MR) is 128 cm³/mol. The van der Waals surface area contributed by atoms with Gasteiger partial charge in [0.1, 0.15) is 5.75 Å². The van der Waals surface area contributed by atoms with Gasteiger partial charge in [-0.05, 0) is 54.3 Å². The van der Waals surface area contributed by atoms with Crippen molar-refractivity contribution in [1.82, 2.24) is 9.62 Å². The number of carbonyl (C=O) groups excluding carboxylic acids is 1. The lowest BCUT2D eigenvalue weighted by molar-refractivity contribution is 0.0939. The maximum absolute atomic E-state index is 13.0. The third kappa shape index (κ3) is 5.67. The molecule has 0 aliphatic carbocycles. The van der Waals surface area contributed by atoms with Crippen LogP contribution >= 0.6 is 11.3 Å². The molecular formula is C23H27N3O4S2. The Kier molecular flexibility index (Phi) is 7.55. The van der Waals surface area contributed by atoms with Gasteiger partial charge in [0.15, 0.2) is 0 Å². The van der Waals surface area contributed by atoms with Gasteiger partial charge in [-0.25, -0.2) is 12.7 Å². The number of amides is 1. The van der Waals surface area contributed by atoms with E-state index in [1.807, 2.05) is 48.7 Å². The standard InChI is InChI=1S/C23H27N3O4S2/c1-16(17-7-9-20(30-4)10-8-17)25-23(27)18-12-19(24-15-21-6-5-11-31-21)14-22(13-18)32(28,29)26(2)3/h5-14,16,24H,15H2,1-4H3,(H,25,27)/t16-/m1/s1. The molecule has 0 aliphatic heterocycles. The number of hydrogen-bond donors (Lipinski definition) is 2. The van der Waals surface area contributed by atoms with Gasteiger partial charge in [0.05, 0.1) is 18.0 Å². The SMILES string of the molecule is COc1ccc([C@@H](C)NC(=O)c2cc(NCc3cccs3)cc(S(=O)(=O)N(C)C)c2)cc1. The first-order valence-electron chi connectivity index (χ1n) is 9.99. The molecule has 32 heavy (non-hydrogen) atoms. The molecule has 0 fully saturated rings. The molecule has 1 heterocycles. The summed E-state index contributed by atoms with van der Waals surface area (Å²) in [7, 11) is 0.812. The van der Waals surface area contributed by atoms with Crippen LogP contribution in [0, 0.1) is 0 Å². The normalized spacial score (nSPS) is 12.4. The minimum absolute atomic E-state index is 0.0564. The fourth-order valence-electron chi connectivity index (χ4n) is 3.05. The lowest BCUT2D eigenvalue weighted by Crippen LogP contribution is -2.27. The maximum atomic E-state index is 13.0. The van der Waals surface area contributed by atoms with Gasteiger partial charge < -0.3 is 15.4 Å². The number of nitrogens with zero attached hydrogens (tertiary/aromatic N) is 1. The van der Waals surface area contributed by atoms with Crippen LogP contribution in [-0.4, -0.2) is 39.8 Å². The highest BCUT2D eigenvalue weighted by atomic mass is 32.2. The topological polar surface area (TPSA) is 87.7 Å². The Morgan fingerprint density at radius 3 is 2.44 bits per heavy atom. The van der Waals surface area contributed by atoms with Gasteiger partial charge in [0.2, 0.25) is 10.0 Å². The minimum Gasteiger partial charge on any atom is -0.497 e. The van der Waals surface area contributed by atoms with Crippen molar-refractivity contribution in [3.8, 4) is 5.75 Å². The zero-order chi connectivity index (χ0) is 23.3. The molecule has 2 N–H and O–H groups in total. The number of rotatable bonds is 9. The number of carbonyl (C=O) groups is 1. The van der Waals surface area contributed by atoms with Crippen LogP contribution in [0.25, 0.3) is 0 Å². The molecule has 1 amide bonds. The first kappa shape index (κ1) is 23.8. The second kappa shape index (κ2) is 10.2. The Hall–Kier alpha value is -2.88. The molecule has 0 radical (unpaired) electrons. The smallest absolute Gasteiger partial charge is 0.251 e. The molecular weight excluding hydrogens is 446 g/mol. The van der Waals surface area contributed by atoms with Gasteiger partial charge in [0, 0.05) is 36.8 Å². The maximum Gasteiger partial charge on any atom is 0.251 e. The van der Waals surface area contributed by atoms with Crippen molar-refractivity contribution < 1.29 is 17.9 Å². The van der Waals surface area contributed by atoms with Crippen molar-refractivity contribution in [3.05, 3.63) is 76.0 Å². The third-order valence-electron chi connectivity index (χ3n) is 4.96. The number of benzene rings is 2. The Labute approximate surface area is 193 Å². The lowest BCUT2D eigenvalue weighted by Gasteiger charge is -2.17. The Morgan fingerprint density at radius 2 is 1.84 bits per heavy atom. The van der Waals surface area contributed by atoms with Crippen LogP contribution in [0.4, 0.5) is 5.69 Å². The molecule has 0 unspecified atom stereocenters. The van der Waals surface area contributed by atoms with Crippen molar-refractivity contribution >= 4 is 33.0 Å². The summed E-state index contributed by atoms with van der Waals surface area (Å²) in [6, 6.07) is 15.7. The van der Waals surface area contributed by atoms with Crippen LogP contribution in [0.3, 0.4) is 0 Å². The van der Waals surface area contributed by atoms with E-state index >= 15 is 0 Å². The van der Waals surface area contributed by atoms with Gasteiger partial charge in [-0.3, -0.25) is 4.79 Å². The quantitative estimate of drug-likeness (QED) is 0.488. The number of sulfonamides is 1. The van der Waals surface area contributed by atoms with Crippen molar-refractivity contribution in [2.75, 3.05) is 26.5 Å². The van der Waals surface area contributed by atoms with Crippen molar-refractivity contribution in [2.24, 2.45) is 0 Å². The second-order valence-corrected chi connectivity index (χ2v) is 10.6. The average molecular weight is 474 g/mol. The summed E-state index contributed by atoms with van der Waals surface area (Å²) in [6.07, 6.45) is 0. The molecule has 9 heteroatoms. The Morgan fingerprint density at radius 1 is 1.12 bits per heavy atom. The predicted octanol–water partition coefficient (Wildman–Crippen LogP) is 4.11. The number of ether oxygens (including phenoxy) is 1. The summed E-state index contributed by atoms with van der Waals surface area (Å²) in [5, 5.41) is 8.14. The van der Waals surface area contributed by atoms with E-state index in [1.165, 1.54) is 20.2 Å². The summed E-state index contributed by atoms with van der Waals surface area (Å²) in [6.45, 7) is 2.41. The van der Waals surface area contributed by atoms with Gasteiger partial charge in [-0.15, -0.1) is 11.3 Å². The van der Waals surface area contributed by atoms with Crippen molar-refractivity contribution in [3.63, 3.8) is 0 Å². The average Bonchev–Trinajstić information content (AvgIpc) is 3.31. The molecule has 7 nitrogen and oxygen atoms in total. The largest absolute Gasteiger partial charge is 0.497 e. The zero-order valence-electron chi connectivity index (χ0n) is 18.5. The molecule has 3 rings (SSSR count). The molecule has 1 atom stereocenters. The summed E-state index contributed by atoms with van der Waals surface area (Å²) in [4.78, 5) is 14.2. The van der Waals surface area contributed by atoms with Crippen LogP contribution in [0.15, 0.2) is 64.9 Å². The molecule has 0 bridgehead atoms. The van der Waals surface area contributed by atoms with E-state index in [9.17, 15) is 13.2 Å². The summed E-state index contributed by atoms with van der Waals surface area (Å²) in [5.41, 5.74) is 1.73. The number of nitrogens with one attached hydrogen (secondary N) is 2. The molecule has 0 saturated heterocycles. The second-order valence-electron chi connectivity index (χ2n) is 7.43. The van der Waals surface area contributed by atoms with E-state index in [1.54, 1.807) is 30.6 Å². The van der Waals surface area contributed by atoms with E-state index in [2.05, 4.69) is 10.6 Å². The Bertz CT molecular complexity index is 1160. The number of hydrogen-bond acceptors (Lipinski definition) is 6. The summed E-state index contributed by atoms with van der Waals surface area (Å²) >= 11 is 1.60. The Balaban J connectivity index is 1.86. The summed E-state index contributed by atoms with van der Waals surface area (Å²) in [5.74, 6) is 0.374. The molecule has 170 valence electrons. The highest BCUT2D eigenvalue weighted by Crippen LogP contribution is 2.24. The van der Waals surface area contributed by atoms with Gasteiger partial charge in [0.25, 0.3) is 5.91 Å².